The number of fused-ring (bicyclic) bond motifs is 1. The van der Waals surface area contributed by atoms with Crippen molar-refractivity contribution in [2.45, 2.75) is 33.2 Å². The second-order valence-electron chi connectivity index (χ2n) is 7.31. The fraction of sp³-hybridized carbons (Fsp3) is 0.647. The van der Waals surface area contributed by atoms with Crippen molar-refractivity contribution in [3.63, 3.8) is 0 Å². The van der Waals surface area contributed by atoms with Gasteiger partial charge >= 0.3 is 5.69 Å². The molecule has 2 unspecified atom stereocenters. The first kappa shape index (κ1) is 17.4. The van der Waals surface area contributed by atoms with Crippen LogP contribution in [0.4, 0.5) is 0 Å². The number of amides is 1. The van der Waals surface area contributed by atoms with Crippen LogP contribution in [-0.2, 0) is 25.4 Å². The molecule has 136 valence electrons. The molecule has 1 aliphatic heterocycles. The summed E-state index contributed by atoms with van der Waals surface area (Å²) in [4.78, 5) is 43.0. The van der Waals surface area contributed by atoms with E-state index in [1.54, 1.807) is 11.6 Å². The van der Waals surface area contributed by atoms with Crippen LogP contribution in [0.1, 0.15) is 26.7 Å². The van der Waals surface area contributed by atoms with Crippen LogP contribution in [-0.4, -0.2) is 42.6 Å². The minimum atomic E-state index is -0.407. The van der Waals surface area contributed by atoms with E-state index in [4.69, 9.17) is 0 Å². The van der Waals surface area contributed by atoms with Crippen molar-refractivity contribution in [3.8, 4) is 0 Å². The lowest BCUT2D eigenvalue weighted by Crippen LogP contribution is -2.42. The molecule has 0 spiro atoms. The van der Waals surface area contributed by atoms with Crippen molar-refractivity contribution in [2.75, 3.05) is 13.1 Å². The van der Waals surface area contributed by atoms with Gasteiger partial charge in [0.2, 0.25) is 5.91 Å². The Labute approximate surface area is 145 Å². The van der Waals surface area contributed by atoms with E-state index in [0.29, 0.717) is 36.0 Å². The second kappa shape index (κ2) is 6.50. The van der Waals surface area contributed by atoms with Crippen LogP contribution in [0.2, 0.25) is 0 Å². The molecule has 3 rings (SSSR count). The molecule has 2 aromatic heterocycles. The molecule has 8 heteroatoms. The maximum absolute atomic E-state index is 12.5. The highest BCUT2D eigenvalue weighted by atomic mass is 16.2. The van der Waals surface area contributed by atoms with Crippen LogP contribution in [0.25, 0.3) is 11.2 Å². The molecule has 3 heterocycles. The standard InChI is InChI=1S/C17H25N5O3/c1-11-7-12(2)9-22(8-11)13(23)5-6-21-10-18-15-14(21)16(24)20(4)17(25)19(15)3/h10-12H,5-9H2,1-4H3. The smallest absolute Gasteiger partial charge is 0.332 e. The molecule has 2 atom stereocenters. The third-order valence-corrected chi connectivity index (χ3v) is 5.01. The van der Waals surface area contributed by atoms with Gasteiger partial charge in [-0.15, -0.1) is 0 Å². The van der Waals surface area contributed by atoms with Crippen molar-refractivity contribution < 1.29 is 4.79 Å². The Balaban J connectivity index is 1.81. The first-order valence-electron chi connectivity index (χ1n) is 8.68. The molecule has 0 aliphatic carbocycles. The number of carbonyl (C=O) groups excluding carboxylic acids is 1. The molecular weight excluding hydrogens is 322 g/mol. The minimum absolute atomic E-state index is 0.0990. The number of aromatic nitrogens is 4. The van der Waals surface area contributed by atoms with Gasteiger partial charge in [-0.05, 0) is 18.3 Å². The predicted molar refractivity (Wildman–Crippen MR) is 94.4 cm³/mol. The Hall–Kier alpha value is -2.38. The molecule has 1 amide bonds. The van der Waals surface area contributed by atoms with Gasteiger partial charge in [-0.1, -0.05) is 13.8 Å². The molecule has 0 radical (unpaired) electrons. The van der Waals surface area contributed by atoms with Crippen LogP contribution < -0.4 is 11.2 Å². The van der Waals surface area contributed by atoms with Crippen LogP contribution in [0.15, 0.2) is 15.9 Å². The average Bonchev–Trinajstić information content (AvgIpc) is 2.99. The number of hydrogen-bond acceptors (Lipinski definition) is 4. The Kier molecular flexibility index (Phi) is 4.53. The number of nitrogens with zero attached hydrogens (tertiary/aromatic N) is 5. The lowest BCUT2D eigenvalue weighted by molar-refractivity contribution is -0.134. The maximum Gasteiger partial charge on any atom is 0.332 e. The molecule has 0 N–H and O–H groups in total. The summed E-state index contributed by atoms with van der Waals surface area (Å²) in [6.07, 6.45) is 3.00. The third-order valence-electron chi connectivity index (χ3n) is 5.01. The summed E-state index contributed by atoms with van der Waals surface area (Å²) >= 11 is 0. The van der Waals surface area contributed by atoms with E-state index < -0.39 is 5.69 Å². The highest BCUT2D eigenvalue weighted by Crippen LogP contribution is 2.21. The Morgan fingerprint density at radius 2 is 1.80 bits per heavy atom. The topological polar surface area (TPSA) is 82.1 Å². The summed E-state index contributed by atoms with van der Waals surface area (Å²) in [6.45, 7) is 6.31. The van der Waals surface area contributed by atoms with E-state index >= 15 is 0 Å². The fourth-order valence-electron chi connectivity index (χ4n) is 3.81. The van der Waals surface area contributed by atoms with E-state index in [1.807, 2.05) is 4.90 Å². The summed E-state index contributed by atoms with van der Waals surface area (Å²) in [5.41, 5.74) is -0.0862. The van der Waals surface area contributed by atoms with Crippen molar-refractivity contribution in [3.05, 3.63) is 27.2 Å². The van der Waals surface area contributed by atoms with Gasteiger partial charge in [0.05, 0.1) is 6.33 Å². The number of piperidine rings is 1. The van der Waals surface area contributed by atoms with Crippen molar-refractivity contribution in [2.24, 2.45) is 25.9 Å². The van der Waals surface area contributed by atoms with Gasteiger partial charge in [0.25, 0.3) is 5.56 Å². The zero-order chi connectivity index (χ0) is 18.3. The third kappa shape index (κ3) is 3.12. The van der Waals surface area contributed by atoms with Gasteiger partial charge in [0.1, 0.15) is 0 Å². The summed E-state index contributed by atoms with van der Waals surface area (Å²) < 4.78 is 4.09. The molecule has 0 saturated carbocycles. The van der Waals surface area contributed by atoms with Gasteiger partial charge in [0.15, 0.2) is 11.2 Å². The zero-order valence-corrected chi connectivity index (χ0v) is 15.2. The monoisotopic (exact) mass is 347 g/mol. The van der Waals surface area contributed by atoms with Crippen LogP contribution in [0.5, 0.6) is 0 Å². The van der Waals surface area contributed by atoms with Gasteiger partial charge in [0, 0.05) is 40.2 Å². The molecule has 0 bridgehead atoms. The number of aryl methyl sites for hydroxylation is 2. The van der Waals surface area contributed by atoms with Gasteiger partial charge in [-0.2, -0.15) is 0 Å². The molecule has 25 heavy (non-hydrogen) atoms. The lowest BCUT2D eigenvalue weighted by atomic mass is 9.92. The average molecular weight is 347 g/mol. The largest absolute Gasteiger partial charge is 0.342 e. The molecule has 8 nitrogen and oxygen atoms in total. The molecule has 1 saturated heterocycles. The van der Waals surface area contributed by atoms with E-state index in [9.17, 15) is 14.4 Å². The van der Waals surface area contributed by atoms with Gasteiger partial charge in [-0.25, -0.2) is 9.78 Å². The van der Waals surface area contributed by atoms with E-state index in [1.165, 1.54) is 17.9 Å². The molecule has 0 aromatic carbocycles. The number of carbonyl (C=O) groups is 1. The first-order chi connectivity index (χ1) is 11.8. The fourth-order valence-corrected chi connectivity index (χ4v) is 3.81. The van der Waals surface area contributed by atoms with E-state index in [2.05, 4.69) is 18.8 Å². The zero-order valence-electron chi connectivity index (χ0n) is 15.2. The van der Waals surface area contributed by atoms with Crippen molar-refractivity contribution in [1.29, 1.82) is 0 Å². The molecule has 2 aromatic rings. The number of hydrogen-bond donors (Lipinski definition) is 0. The number of likely N-dealkylation sites (tertiary alicyclic amines) is 1. The predicted octanol–water partition coefficient (Wildman–Crippen LogP) is 0.328. The quantitative estimate of drug-likeness (QED) is 0.801. The Morgan fingerprint density at radius 1 is 1.16 bits per heavy atom. The van der Waals surface area contributed by atoms with Crippen molar-refractivity contribution in [1.82, 2.24) is 23.6 Å². The second-order valence-corrected chi connectivity index (χ2v) is 7.31. The summed E-state index contributed by atoms with van der Waals surface area (Å²) in [6, 6.07) is 0. The highest BCUT2D eigenvalue weighted by molar-refractivity contribution is 5.76. The normalized spacial score (nSPS) is 21.0. The minimum Gasteiger partial charge on any atom is -0.342 e. The Bertz CT molecular complexity index is 913. The molecule has 1 aliphatic rings. The first-order valence-corrected chi connectivity index (χ1v) is 8.68. The van der Waals surface area contributed by atoms with Crippen molar-refractivity contribution >= 4 is 17.1 Å². The van der Waals surface area contributed by atoms with E-state index in [-0.39, 0.29) is 11.5 Å². The molecular formula is C17H25N5O3. The van der Waals surface area contributed by atoms with E-state index in [0.717, 1.165) is 24.1 Å². The molecule has 1 fully saturated rings. The SMILES string of the molecule is CC1CC(C)CN(C(=O)CCn2cnc3c2c(=O)n(C)c(=O)n3C)C1. The Morgan fingerprint density at radius 3 is 2.44 bits per heavy atom. The van der Waals surface area contributed by atoms with Crippen LogP contribution in [0, 0.1) is 11.8 Å². The van der Waals surface area contributed by atoms with Crippen LogP contribution in [0.3, 0.4) is 0 Å². The summed E-state index contributed by atoms with van der Waals surface area (Å²) in [5.74, 6) is 1.13. The lowest BCUT2D eigenvalue weighted by Gasteiger charge is -2.35. The van der Waals surface area contributed by atoms with Gasteiger partial charge < -0.3 is 9.47 Å². The van der Waals surface area contributed by atoms with Gasteiger partial charge in [-0.3, -0.25) is 18.7 Å². The number of rotatable bonds is 3. The number of imidazole rings is 1. The summed E-state index contributed by atoms with van der Waals surface area (Å²) in [5, 5.41) is 0. The summed E-state index contributed by atoms with van der Waals surface area (Å²) in [7, 11) is 3.03. The highest BCUT2D eigenvalue weighted by Gasteiger charge is 2.25. The van der Waals surface area contributed by atoms with Crippen LogP contribution >= 0.6 is 0 Å². The maximum atomic E-state index is 12.5.